The molecule has 2 aliphatic rings. The van der Waals surface area contributed by atoms with Gasteiger partial charge in [0.25, 0.3) is 5.90 Å². The molecular formula is C6HN5O7. The lowest BCUT2D eigenvalue weighted by Crippen LogP contribution is -2.26. The molecule has 0 spiro atoms. The summed E-state index contributed by atoms with van der Waals surface area (Å²) in [4.78, 5) is 58.4. The van der Waals surface area contributed by atoms with Crippen LogP contribution in [0.1, 0.15) is 0 Å². The van der Waals surface area contributed by atoms with Crippen LogP contribution in [0.25, 0.3) is 0 Å². The van der Waals surface area contributed by atoms with Gasteiger partial charge in [0.1, 0.15) is 0 Å². The van der Waals surface area contributed by atoms with E-state index in [-0.39, 0.29) is 0 Å². The second-order valence-electron chi connectivity index (χ2n) is 2.43. The summed E-state index contributed by atoms with van der Waals surface area (Å²) in [5.74, 6) is -6.67. The number of hydrogen-bond acceptors (Lipinski definition) is 10. The molecule has 92 valence electrons. The SMILES string of the molecule is N=C1ON=NC(=O)C1=O.O=C1N=NOC(=O)C1=O. The van der Waals surface area contributed by atoms with E-state index in [9.17, 15) is 24.0 Å². The van der Waals surface area contributed by atoms with Crippen LogP contribution < -0.4 is 0 Å². The van der Waals surface area contributed by atoms with E-state index in [4.69, 9.17) is 5.41 Å². The Morgan fingerprint density at radius 3 is 1.67 bits per heavy atom. The quantitative estimate of drug-likeness (QED) is 0.509. The number of amides is 2. The van der Waals surface area contributed by atoms with Crippen molar-refractivity contribution in [1.82, 2.24) is 0 Å². The number of ketones is 2. The molecule has 1 N–H and O–H groups in total. The minimum atomic E-state index is -1.29. The highest BCUT2D eigenvalue weighted by molar-refractivity contribution is 6.63. The third-order valence-corrected chi connectivity index (χ3v) is 1.30. The number of hydrogen-bond donors (Lipinski definition) is 1. The zero-order valence-electron chi connectivity index (χ0n) is 8.15. The van der Waals surface area contributed by atoms with Gasteiger partial charge in [0.05, 0.1) is 0 Å². The Kier molecular flexibility index (Phi) is 3.75. The molecule has 0 aromatic rings. The van der Waals surface area contributed by atoms with Crippen molar-refractivity contribution in [3.8, 4) is 0 Å². The Morgan fingerprint density at radius 1 is 0.778 bits per heavy atom. The molecule has 2 amide bonds. The predicted octanol–water partition coefficient (Wildman–Crippen LogP) is -1.54. The lowest BCUT2D eigenvalue weighted by molar-refractivity contribution is -0.160. The second kappa shape index (κ2) is 5.24. The van der Waals surface area contributed by atoms with Gasteiger partial charge in [0.15, 0.2) is 0 Å². The molecule has 0 bridgehead atoms. The summed E-state index contributed by atoms with van der Waals surface area (Å²) in [5.41, 5.74) is 0. The molecule has 0 saturated carbocycles. The van der Waals surface area contributed by atoms with Crippen LogP contribution in [0.5, 0.6) is 0 Å². The molecule has 18 heavy (non-hydrogen) atoms. The first-order valence-electron chi connectivity index (χ1n) is 3.89. The Hall–Kier alpha value is -3.18. The van der Waals surface area contributed by atoms with Gasteiger partial charge >= 0.3 is 29.4 Å². The van der Waals surface area contributed by atoms with Gasteiger partial charge in [-0.15, -0.1) is 0 Å². The number of nitrogens with zero attached hydrogens (tertiary/aromatic N) is 4. The molecule has 2 heterocycles. The standard InChI is InChI=1S/C3HN3O3.C3N2O4/c4-2-1(7)3(8)5-6-9-2;6-1-2(7)4-5-9-3(1)8/h4H;. The van der Waals surface area contributed by atoms with Crippen molar-refractivity contribution in [3.05, 3.63) is 0 Å². The van der Waals surface area contributed by atoms with Gasteiger partial charge in [-0.1, -0.05) is 10.2 Å². The van der Waals surface area contributed by atoms with Gasteiger partial charge in [-0.05, 0) is 0 Å². The van der Waals surface area contributed by atoms with Crippen LogP contribution in [-0.2, 0) is 33.6 Å². The van der Waals surface area contributed by atoms with Crippen molar-refractivity contribution in [1.29, 1.82) is 5.41 Å². The second-order valence-corrected chi connectivity index (χ2v) is 2.43. The normalized spacial score (nSPS) is 18.0. The highest BCUT2D eigenvalue weighted by Gasteiger charge is 2.28. The highest BCUT2D eigenvalue weighted by atomic mass is 16.7. The number of nitrogens with one attached hydrogen (secondary N) is 1. The van der Waals surface area contributed by atoms with Crippen LogP contribution in [0.2, 0.25) is 0 Å². The highest BCUT2D eigenvalue weighted by Crippen LogP contribution is 1.95. The van der Waals surface area contributed by atoms with E-state index < -0.39 is 35.2 Å². The zero-order valence-corrected chi connectivity index (χ0v) is 8.15. The Bertz CT molecular complexity index is 484. The summed E-state index contributed by atoms with van der Waals surface area (Å²) < 4.78 is 0. The van der Waals surface area contributed by atoms with Crippen molar-refractivity contribution in [2.75, 3.05) is 0 Å². The molecule has 0 saturated heterocycles. The van der Waals surface area contributed by atoms with Crippen LogP contribution in [0.3, 0.4) is 0 Å². The first-order chi connectivity index (χ1) is 8.43. The number of Topliss-reactive ketones (excluding diaryl/α,β-unsaturated/α-hetero) is 2. The van der Waals surface area contributed by atoms with Crippen molar-refractivity contribution >= 4 is 35.2 Å². The Morgan fingerprint density at radius 2 is 1.28 bits per heavy atom. The summed E-state index contributed by atoms with van der Waals surface area (Å²) in [7, 11) is 0. The minimum Gasteiger partial charge on any atom is -0.314 e. The van der Waals surface area contributed by atoms with Crippen molar-refractivity contribution in [2.24, 2.45) is 20.8 Å². The largest absolute Gasteiger partial charge is 0.413 e. The Labute approximate surface area is 96.1 Å². The molecule has 12 heteroatoms. The van der Waals surface area contributed by atoms with Crippen molar-refractivity contribution < 1.29 is 33.6 Å². The van der Waals surface area contributed by atoms with E-state index in [1.165, 1.54) is 0 Å². The van der Waals surface area contributed by atoms with Crippen LogP contribution in [0, 0.1) is 5.41 Å². The van der Waals surface area contributed by atoms with Crippen molar-refractivity contribution in [2.45, 2.75) is 0 Å². The maximum Gasteiger partial charge on any atom is 0.413 e. The zero-order chi connectivity index (χ0) is 13.7. The predicted molar refractivity (Wildman–Crippen MR) is 44.6 cm³/mol. The smallest absolute Gasteiger partial charge is 0.314 e. The molecule has 0 fully saturated rings. The van der Waals surface area contributed by atoms with Crippen LogP contribution in [-0.4, -0.2) is 35.2 Å². The fraction of sp³-hybridized carbons (Fsp3) is 0. The third kappa shape index (κ3) is 2.91. The third-order valence-electron chi connectivity index (χ3n) is 1.30. The summed E-state index contributed by atoms with van der Waals surface area (Å²) in [6, 6.07) is 0. The van der Waals surface area contributed by atoms with E-state index in [2.05, 4.69) is 30.5 Å². The van der Waals surface area contributed by atoms with E-state index in [1.54, 1.807) is 0 Å². The lowest BCUT2D eigenvalue weighted by atomic mass is 10.4. The molecule has 0 aliphatic carbocycles. The number of rotatable bonds is 0. The van der Waals surface area contributed by atoms with E-state index >= 15 is 0 Å². The fourth-order valence-electron chi connectivity index (χ4n) is 0.551. The summed E-state index contributed by atoms with van der Waals surface area (Å²) in [6.07, 6.45) is 0. The lowest BCUT2D eigenvalue weighted by Gasteiger charge is -1.97. The molecule has 0 atom stereocenters. The molecule has 2 aliphatic heterocycles. The van der Waals surface area contributed by atoms with Crippen molar-refractivity contribution in [3.63, 3.8) is 0 Å². The van der Waals surface area contributed by atoms with Crippen LogP contribution in [0.4, 0.5) is 0 Å². The number of carbonyl (C=O) groups excluding carboxylic acids is 5. The molecule has 0 radical (unpaired) electrons. The van der Waals surface area contributed by atoms with Gasteiger partial charge in [0.2, 0.25) is 0 Å². The maximum absolute atomic E-state index is 10.3. The molecule has 12 nitrogen and oxygen atoms in total. The topological polar surface area (TPSA) is 177 Å². The average molecular weight is 255 g/mol. The average Bonchev–Trinajstić information content (AvgIpc) is 2.34. The minimum absolute atomic E-state index is 0.782. The van der Waals surface area contributed by atoms with Gasteiger partial charge in [0, 0.05) is 10.6 Å². The van der Waals surface area contributed by atoms with Gasteiger partial charge in [-0.3, -0.25) is 29.4 Å². The van der Waals surface area contributed by atoms with Gasteiger partial charge < -0.3 is 4.84 Å². The summed E-state index contributed by atoms with van der Waals surface area (Å²) in [5, 5.41) is 17.3. The first-order valence-corrected chi connectivity index (χ1v) is 3.89. The molecule has 0 aromatic heterocycles. The molecule has 0 unspecified atom stereocenters. The molecular weight excluding hydrogens is 254 g/mol. The first kappa shape index (κ1) is 12.9. The summed E-state index contributed by atoms with van der Waals surface area (Å²) >= 11 is 0. The number of carbonyl (C=O) groups is 5. The van der Waals surface area contributed by atoms with E-state index in [0.717, 1.165) is 0 Å². The maximum atomic E-state index is 10.3. The molecule has 0 aromatic carbocycles. The monoisotopic (exact) mass is 255 g/mol. The van der Waals surface area contributed by atoms with Crippen LogP contribution >= 0.6 is 0 Å². The van der Waals surface area contributed by atoms with E-state index in [0.29, 0.717) is 0 Å². The van der Waals surface area contributed by atoms with E-state index in [1.807, 2.05) is 0 Å². The van der Waals surface area contributed by atoms with Crippen LogP contribution in [0.15, 0.2) is 20.8 Å². The Balaban J connectivity index is 0.000000180. The fourth-order valence-corrected chi connectivity index (χ4v) is 0.551. The summed E-state index contributed by atoms with van der Waals surface area (Å²) in [6.45, 7) is 0. The van der Waals surface area contributed by atoms with Gasteiger partial charge in [-0.2, -0.15) is 0 Å². The van der Waals surface area contributed by atoms with Gasteiger partial charge in [-0.25, -0.2) is 4.79 Å². The molecule has 2 rings (SSSR count).